The summed E-state index contributed by atoms with van der Waals surface area (Å²) < 4.78 is 0. The maximum Gasteiger partial charge on any atom is 0.314 e. The Morgan fingerprint density at radius 3 is 2.70 bits per heavy atom. The van der Waals surface area contributed by atoms with Crippen molar-refractivity contribution in [1.29, 1.82) is 0 Å². The maximum atomic E-state index is 12.7. The lowest BCUT2D eigenvalue weighted by atomic mass is 9.93. The summed E-state index contributed by atoms with van der Waals surface area (Å²) in [6.45, 7) is 1.11. The molecule has 2 atom stereocenters. The van der Waals surface area contributed by atoms with Crippen molar-refractivity contribution in [2.45, 2.75) is 44.6 Å². The van der Waals surface area contributed by atoms with Gasteiger partial charge in [-0.1, -0.05) is 18.9 Å². The molecule has 3 N–H and O–H groups in total. The molecule has 1 saturated carbocycles. The van der Waals surface area contributed by atoms with Gasteiger partial charge in [0.1, 0.15) is 0 Å². The number of likely N-dealkylation sites (tertiary alicyclic amines) is 1. The van der Waals surface area contributed by atoms with Crippen LogP contribution in [0.5, 0.6) is 0 Å². The predicted molar refractivity (Wildman–Crippen MR) is 91.0 cm³/mol. The SMILES string of the molecule is NC(=O)N1CCC[C@H](C(=O)N[C@H](c2cccs2)C2CCCC2)C1. The molecule has 2 fully saturated rings. The minimum Gasteiger partial charge on any atom is -0.351 e. The molecule has 1 aromatic rings. The number of hydrogen-bond acceptors (Lipinski definition) is 3. The van der Waals surface area contributed by atoms with Gasteiger partial charge in [0, 0.05) is 18.0 Å². The van der Waals surface area contributed by atoms with E-state index in [1.54, 1.807) is 16.2 Å². The molecule has 0 bridgehead atoms. The second kappa shape index (κ2) is 7.34. The van der Waals surface area contributed by atoms with Gasteiger partial charge in [0.05, 0.1) is 12.0 Å². The third-order valence-corrected chi connectivity index (χ3v) is 6.08. The molecular formula is C17H25N3O2S. The quantitative estimate of drug-likeness (QED) is 0.888. The minimum absolute atomic E-state index is 0.0706. The molecule has 6 heteroatoms. The molecule has 1 saturated heterocycles. The highest BCUT2D eigenvalue weighted by molar-refractivity contribution is 7.10. The first-order chi connectivity index (χ1) is 11.1. The molecule has 2 aliphatic rings. The zero-order valence-electron chi connectivity index (χ0n) is 13.4. The molecule has 0 spiro atoms. The highest BCUT2D eigenvalue weighted by Gasteiger charge is 2.32. The van der Waals surface area contributed by atoms with Crippen LogP contribution in [0.3, 0.4) is 0 Å². The Labute approximate surface area is 141 Å². The van der Waals surface area contributed by atoms with Crippen LogP contribution in [0.1, 0.15) is 49.4 Å². The smallest absolute Gasteiger partial charge is 0.314 e. The molecule has 1 aliphatic heterocycles. The van der Waals surface area contributed by atoms with Gasteiger partial charge in [0.2, 0.25) is 5.91 Å². The predicted octanol–water partition coefficient (Wildman–Crippen LogP) is 2.89. The highest BCUT2D eigenvalue weighted by atomic mass is 32.1. The summed E-state index contributed by atoms with van der Waals surface area (Å²) in [6.07, 6.45) is 6.54. The molecule has 0 radical (unpaired) electrons. The zero-order chi connectivity index (χ0) is 16.2. The van der Waals surface area contributed by atoms with Crippen molar-refractivity contribution < 1.29 is 9.59 Å². The number of nitrogens with one attached hydrogen (secondary N) is 1. The fourth-order valence-corrected chi connectivity index (χ4v) is 4.71. The molecule has 1 aromatic heterocycles. The van der Waals surface area contributed by atoms with E-state index in [0.717, 1.165) is 12.8 Å². The van der Waals surface area contributed by atoms with Gasteiger partial charge < -0.3 is 16.0 Å². The monoisotopic (exact) mass is 335 g/mol. The van der Waals surface area contributed by atoms with E-state index in [9.17, 15) is 9.59 Å². The summed E-state index contributed by atoms with van der Waals surface area (Å²) in [4.78, 5) is 26.9. The molecule has 126 valence electrons. The number of rotatable bonds is 4. The summed E-state index contributed by atoms with van der Waals surface area (Å²) >= 11 is 1.71. The summed E-state index contributed by atoms with van der Waals surface area (Å²) in [5.41, 5.74) is 5.36. The lowest BCUT2D eigenvalue weighted by Gasteiger charge is -2.32. The van der Waals surface area contributed by atoms with E-state index in [4.69, 9.17) is 5.73 Å². The van der Waals surface area contributed by atoms with Crippen molar-refractivity contribution in [2.75, 3.05) is 13.1 Å². The van der Waals surface area contributed by atoms with E-state index in [1.807, 2.05) is 6.07 Å². The Kier molecular flexibility index (Phi) is 5.20. The number of hydrogen-bond donors (Lipinski definition) is 2. The number of amides is 3. The third kappa shape index (κ3) is 3.86. The Balaban J connectivity index is 1.67. The average molecular weight is 335 g/mol. The summed E-state index contributed by atoms with van der Waals surface area (Å²) in [7, 11) is 0. The highest BCUT2D eigenvalue weighted by Crippen LogP contribution is 2.37. The van der Waals surface area contributed by atoms with Crippen LogP contribution in [-0.4, -0.2) is 29.9 Å². The van der Waals surface area contributed by atoms with Gasteiger partial charge in [-0.05, 0) is 43.0 Å². The van der Waals surface area contributed by atoms with Gasteiger partial charge in [0.25, 0.3) is 0 Å². The van der Waals surface area contributed by atoms with E-state index in [0.29, 0.717) is 19.0 Å². The molecule has 1 aliphatic carbocycles. The summed E-state index contributed by atoms with van der Waals surface area (Å²) in [5.74, 6) is 0.467. The first-order valence-corrected chi connectivity index (χ1v) is 9.41. The van der Waals surface area contributed by atoms with Crippen molar-refractivity contribution in [3.63, 3.8) is 0 Å². The first kappa shape index (κ1) is 16.3. The van der Waals surface area contributed by atoms with Crippen LogP contribution in [0.25, 0.3) is 0 Å². The van der Waals surface area contributed by atoms with Crippen LogP contribution < -0.4 is 11.1 Å². The van der Waals surface area contributed by atoms with E-state index in [-0.39, 0.29) is 17.9 Å². The minimum atomic E-state index is -0.423. The van der Waals surface area contributed by atoms with Gasteiger partial charge in [-0.2, -0.15) is 0 Å². The Morgan fingerprint density at radius 2 is 2.04 bits per heavy atom. The van der Waals surface area contributed by atoms with Gasteiger partial charge in [-0.3, -0.25) is 4.79 Å². The lowest BCUT2D eigenvalue weighted by Crippen LogP contribution is -2.48. The number of carbonyl (C=O) groups excluding carboxylic acids is 2. The van der Waals surface area contributed by atoms with E-state index in [2.05, 4.69) is 16.8 Å². The molecule has 0 aromatic carbocycles. The fraction of sp³-hybridized carbons (Fsp3) is 0.647. The number of primary amides is 1. The topological polar surface area (TPSA) is 75.4 Å². The molecule has 5 nitrogen and oxygen atoms in total. The van der Waals surface area contributed by atoms with Crippen LogP contribution in [0.15, 0.2) is 17.5 Å². The van der Waals surface area contributed by atoms with Crippen LogP contribution in [0, 0.1) is 11.8 Å². The van der Waals surface area contributed by atoms with E-state index >= 15 is 0 Å². The number of carbonyl (C=O) groups is 2. The normalized spacial score (nSPS) is 23.7. The molecule has 3 amide bonds. The number of nitrogens with two attached hydrogens (primary N) is 1. The van der Waals surface area contributed by atoms with Crippen LogP contribution in [0.2, 0.25) is 0 Å². The summed E-state index contributed by atoms with van der Waals surface area (Å²) in [6, 6.07) is 3.86. The van der Waals surface area contributed by atoms with Crippen molar-refractivity contribution in [3.05, 3.63) is 22.4 Å². The van der Waals surface area contributed by atoms with Gasteiger partial charge >= 0.3 is 6.03 Å². The second-order valence-corrected chi connectivity index (χ2v) is 7.65. The van der Waals surface area contributed by atoms with Crippen molar-refractivity contribution in [1.82, 2.24) is 10.2 Å². The molecular weight excluding hydrogens is 310 g/mol. The Hall–Kier alpha value is -1.56. The second-order valence-electron chi connectivity index (χ2n) is 6.67. The lowest BCUT2D eigenvalue weighted by molar-refractivity contribution is -0.127. The number of nitrogens with zero attached hydrogens (tertiary/aromatic N) is 1. The molecule has 23 heavy (non-hydrogen) atoms. The van der Waals surface area contributed by atoms with Crippen LogP contribution in [0.4, 0.5) is 4.79 Å². The average Bonchev–Trinajstić information content (AvgIpc) is 3.26. The van der Waals surface area contributed by atoms with E-state index in [1.165, 1.54) is 30.6 Å². The standard InChI is InChI=1S/C17H25N3O2S/c18-17(22)20-9-3-7-13(11-20)16(21)19-15(12-5-1-2-6-12)14-8-4-10-23-14/h4,8,10,12-13,15H,1-3,5-7,9,11H2,(H2,18,22)(H,19,21)/t13-,15-/m0/s1. The van der Waals surface area contributed by atoms with Crippen molar-refractivity contribution in [3.8, 4) is 0 Å². The van der Waals surface area contributed by atoms with E-state index < -0.39 is 6.03 Å². The largest absolute Gasteiger partial charge is 0.351 e. The number of thiophene rings is 1. The first-order valence-electron chi connectivity index (χ1n) is 8.53. The van der Waals surface area contributed by atoms with Crippen LogP contribution >= 0.6 is 11.3 Å². The Bertz CT molecular complexity index is 540. The van der Waals surface area contributed by atoms with Crippen molar-refractivity contribution >= 4 is 23.3 Å². The fourth-order valence-electron chi connectivity index (χ4n) is 3.84. The summed E-state index contributed by atoms with van der Waals surface area (Å²) in [5, 5.41) is 5.35. The van der Waals surface area contributed by atoms with Gasteiger partial charge in [-0.15, -0.1) is 11.3 Å². The van der Waals surface area contributed by atoms with Gasteiger partial charge in [-0.25, -0.2) is 4.79 Å². The van der Waals surface area contributed by atoms with Crippen LogP contribution in [-0.2, 0) is 4.79 Å². The van der Waals surface area contributed by atoms with Gasteiger partial charge in [0.15, 0.2) is 0 Å². The molecule has 3 rings (SSSR count). The number of piperidine rings is 1. The van der Waals surface area contributed by atoms with Crippen molar-refractivity contribution in [2.24, 2.45) is 17.6 Å². The molecule has 2 heterocycles. The molecule has 0 unspecified atom stereocenters. The zero-order valence-corrected chi connectivity index (χ0v) is 14.2. The third-order valence-electron chi connectivity index (χ3n) is 5.12. The number of urea groups is 1. The maximum absolute atomic E-state index is 12.7. The Morgan fingerprint density at radius 1 is 1.26 bits per heavy atom.